The second-order valence-corrected chi connectivity index (χ2v) is 7.05. The smallest absolute Gasteiger partial charge is 0.176 e. The van der Waals surface area contributed by atoms with Crippen molar-refractivity contribution in [3.8, 4) is 0 Å². The molecule has 138 valence electrons. The van der Waals surface area contributed by atoms with Crippen molar-refractivity contribution >= 4 is 57.8 Å². The zero-order valence-electron chi connectivity index (χ0n) is 14.4. The summed E-state index contributed by atoms with van der Waals surface area (Å²) < 4.78 is 1.69. The Labute approximate surface area is 172 Å². The second-order valence-electron chi connectivity index (χ2n) is 5.83. The molecule has 3 aromatic rings. The number of aromatic nitrogens is 2. The Morgan fingerprint density at radius 3 is 2.63 bits per heavy atom. The number of carbonyl (C=O) groups is 1. The molecule has 27 heavy (non-hydrogen) atoms. The highest BCUT2D eigenvalue weighted by Gasteiger charge is 2.10. The summed E-state index contributed by atoms with van der Waals surface area (Å²) in [4.78, 5) is 11.5. The van der Waals surface area contributed by atoms with Crippen LogP contribution in [0.3, 0.4) is 0 Å². The first-order valence-electron chi connectivity index (χ1n) is 8.08. The van der Waals surface area contributed by atoms with Crippen LogP contribution in [0.15, 0.2) is 54.7 Å². The molecule has 2 N–H and O–H groups in total. The van der Waals surface area contributed by atoms with Crippen LogP contribution in [-0.2, 0) is 6.54 Å². The lowest BCUT2D eigenvalue weighted by atomic mass is 10.1. The summed E-state index contributed by atoms with van der Waals surface area (Å²) in [5.74, 6) is 0.419. The number of ketones is 1. The Balaban J connectivity index is 1.68. The maximum absolute atomic E-state index is 11.5. The van der Waals surface area contributed by atoms with Gasteiger partial charge in [0.2, 0.25) is 0 Å². The molecule has 0 bridgehead atoms. The Hall–Kier alpha value is -2.41. The van der Waals surface area contributed by atoms with E-state index in [2.05, 4.69) is 15.7 Å². The van der Waals surface area contributed by atoms with Crippen LogP contribution in [0.5, 0.6) is 0 Å². The molecule has 3 rings (SSSR count). The molecule has 0 aliphatic rings. The third-order valence-corrected chi connectivity index (χ3v) is 4.62. The van der Waals surface area contributed by atoms with Crippen LogP contribution >= 0.6 is 35.4 Å². The molecule has 0 radical (unpaired) electrons. The van der Waals surface area contributed by atoms with E-state index in [1.54, 1.807) is 29.1 Å². The first-order chi connectivity index (χ1) is 12.9. The maximum atomic E-state index is 11.5. The fraction of sp³-hybridized carbons (Fsp3) is 0.105. The van der Waals surface area contributed by atoms with Crippen molar-refractivity contribution in [1.29, 1.82) is 0 Å². The number of rotatable bonds is 5. The molecular weight excluding hydrogens is 403 g/mol. The van der Waals surface area contributed by atoms with Gasteiger partial charge in [0.1, 0.15) is 5.02 Å². The zero-order chi connectivity index (χ0) is 19.4. The number of hydrogen-bond acceptors (Lipinski definition) is 3. The quantitative estimate of drug-likeness (QED) is 0.437. The molecule has 0 amide bonds. The summed E-state index contributed by atoms with van der Waals surface area (Å²) in [7, 11) is 0. The lowest BCUT2D eigenvalue weighted by Crippen LogP contribution is -2.20. The molecule has 8 heteroatoms. The Morgan fingerprint density at radius 2 is 1.89 bits per heavy atom. The molecule has 2 aromatic carbocycles. The summed E-state index contributed by atoms with van der Waals surface area (Å²) in [5, 5.41) is 11.8. The lowest BCUT2D eigenvalue weighted by Gasteiger charge is -2.10. The van der Waals surface area contributed by atoms with Gasteiger partial charge in [-0.3, -0.25) is 9.48 Å². The first-order valence-corrected chi connectivity index (χ1v) is 9.24. The number of nitrogens with zero attached hydrogens (tertiary/aromatic N) is 2. The third kappa shape index (κ3) is 5.07. The van der Waals surface area contributed by atoms with E-state index in [9.17, 15) is 4.79 Å². The van der Waals surface area contributed by atoms with Crippen LogP contribution in [0, 0.1) is 0 Å². The van der Waals surface area contributed by atoms with Gasteiger partial charge in [-0.25, -0.2) is 0 Å². The van der Waals surface area contributed by atoms with Crippen molar-refractivity contribution in [2.75, 3.05) is 10.6 Å². The number of nitrogens with one attached hydrogen (secondary N) is 2. The molecule has 0 aliphatic heterocycles. The van der Waals surface area contributed by atoms with Crippen LogP contribution < -0.4 is 10.6 Å². The Morgan fingerprint density at radius 1 is 1.11 bits per heavy atom. The van der Waals surface area contributed by atoms with Gasteiger partial charge in [-0.05, 0) is 42.9 Å². The average Bonchev–Trinajstić information content (AvgIpc) is 2.96. The number of anilines is 2. The summed E-state index contributed by atoms with van der Waals surface area (Å²) in [6, 6.07) is 14.6. The van der Waals surface area contributed by atoms with Gasteiger partial charge < -0.3 is 10.6 Å². The fourth-order valence-corrected chi connectivity index (χ4v) is 3.06. The third-order valence-electron chi connectivity index (χ3n) is 3.77. The minimum Gasteiger partial charge on any atom is -0.332 e. The predicted octanol–water partition coefficient (Wildman–Crippen LogP) is 5.25. The van der Waals surface area contributed by atoms with E-state index in [-0.39, 0.29) is 5.78 Å². The number of hydrogen-bond donors (Lipinski definition) is 2. The molecular formula is C19H16Cl2N4OS. The zero-order valence-corrected chi connectivity index (χ0v) is 16.7. The van der Waals surface area contributed by atoms with Crippen molar-refractivity contribution < 1.29 is 4.79 Å². The lowest BCUT2D eigenvalue weighted by molar-refractivity contribution is 0.101. The number of benzene rings is 2. The molecule has 1 aromatic heterocycles. The molecule has 0 atom stereocenters. The summed E-state index contributed by atoms with van der Waals surface area (Å²) >= 11 is 17.7. The van der Waals surface area contributed by atoms with E-state index < -0.39 is 0 Å². The normalized spacial score (nSPS) is 10.5. The van der Waals surface area contributed by atoms with Crippen molar-refractivity contribution in [2.45, 2.75) is 13.5 Å². The first kappa shape index (κ1) is 19.4. The van der Waals surface area contributed by atoms with Crippen molar-refractivity contribution in [3.05, 3.63) is 75.9 Å². The highest BCUT2D eigenvalue weighted by atomic mass is 35.5. The van der Waals surface area contributed by atoms with Gasteiger partial charge in [-0.1, -0.05) is 53.5 Å². The topological polar surface area (TPSA) is 59.0 Å². The number of Topliss-reactive ketones (excluding diaryl/α,β-unsaturated/α-hetero) is 1. The monoisotopic (exact) mass is 418 g/mol. The molecule has 0 aliphatic carbocycles. The van der Waals surface area contributed by atoms with Crippen LogP contribution in [-0.4, -0.2) is 20.7 Å². The minimum atomic E-state index is -0.0149. The van der Waals surface area contributed by atoms with E-state index in [1.807, 2.05) is 30.3 Å². The maximum Gasteiger partial charge on any atom is 0.176 e. The van der Waals surface area contributed by atoms with Crippen LogP contribution in [0.1, 0.15) is 22.8 Å². The molecule has 5 nitrogen and oxygen atoms in total. The van der Waals surface area contributed by atoms with Gasteiger partial charge in [0.25, 0.3) is 0 Å². The van der Waals surface area contributed by atoms with E-state index in [4.69, 9.17) is 35.4 Å². The van der Waals surface area contributed by atoms with Gasteiger partial charge in [0, 0.05) is 22.5 Å². The van der Waals surface area contributed by atoms with E-state index in [0.29, 0.717) is 38.8 Å². The van der Waals surface area contributed by atoms with Crippen LogP contribution in [0.4, 0.5) is 11.5 Å². The molecule has 0 saturated carbocycles. The van der Waals surface area contributed by atoms with Crippen molar-refractivity contribution in [2.24, 2.45) is 0 Å². The van der Waals surface area contributed by atoms with Crippen LogP contribution in [0.25, 0.3) is 0 Å². The number of thiocarbonyl (C=S) groups is 1. The number of halogens is 2. The van der Waals surface area contributed by atoms with Gasteiger partial charge in [-0.2, -0.15) is 5.10 Å². The molecule has 0 fully saturated rings. The van der Waals surface area contributed by atoms with Crippen molar-refractivity contribution in [3.63, 3.8) is 0 Å². The largest absolute Gasteiger partial charge is 0.332 e. The molecule has 1 heterocycles. The Kier molecular flexibility index (Phi) is 6.11. The van der Waals surface area contributed by atoms with E-state index in [1.165, 1.54) is 6.92 Å². The average molecular weight is 419 g/mol. The summed E-state index contributed by atoms with van der Waals surface area (Å²) in [6.07, 6.45) is 1.70. The number of carbonyl (C=O) groups excluding carboxylic acids is 1. The second kappa shape index (κ2) is 8.52. The van der Waals surface area contributed by atoms with Gasteiger partial charge in [0.15, 0.2) is 16.7 Å². The molecule has 0 spiro atoms. The van der Waals surface area contributed by atoms with Gasteiger partial charge >= 0.3 is 0 Å². The minimum absolute atomic E-state index is 0.0149. The molecule has 0 unspecified atom stereocenters. The van der Waals surface area contributed by atoms with Crippen LogP contribution in [0.2, 0.25) is 10.0 Å². The van der Waals surface area contributed by atoms with Crippen molar-refractivity contribution in [1.82, 2.24) is 9.78 Å². The predicted molar refractivity (Wildman–Crippen MR) is 114 cm³/mol. The van der Waals surface area contributed by atoms with E-state index >= 15 is 0 Å². The fourth-order valence-electron chi connectivity index (χ4n) is 2.45. The Bertz CT molecular complexity index is 1000. The summed E-state index contributed by atoms with van der Waals surface area (Å²) in [6.45, 7) is 2.00. The standard InChI is InChI=1S/C19H16Cl2N4OS/c1-12(26)13-6-4-7-15(9-13)22-19(27)23-18-17(21)11-25(24-18)10-14-5-2-3-8-16(14)20/h2-9,11H,10H2,1H3,(H2,22,23,24,27). The van der Waals surface area contributed by atoms with Gasteiger partial charge in [0.05, 0.1) is 6.54 Å². The highest BCUT2D eigenvalue weighted by Crippen LogP contribution is 2.22. The SMILES string of the molecule is CC(=O)c1cccc(NC(=S)Nc2nn(Cc3ccccc3Cl)cc2Cl)c1. The van der Waals surface area contributed by atoms with E-state index in [0.717, 1.165) is 5.56 Å². The molecule has 0 saturated heterocycles. The van der Waals surface area contributed by atoms with Gasteiger partial charge in [-0.15, -0.1) is 0 Å². The summed E-state index contributed by atoms with van der Waals surface area (Å²) in [5.41, 5.74) is 2.24. The highest BCUT2D eigenvalue weighted by molar-refractivity contribution is 7.80.